The van der Waals surface area contributed by atoms with Crippen molar-refractivity contribution in [1.82, 2.24) is 4.90 Å². The number of ether oxygens (including phenoxy) is 1. The van der Waals surface area contributed by atoms with Crippen molar-refractivity contribution >= 4 is 11.8 Å². The molecule has 0 radical (unpaired) electrons. The van der Waals surface area contributed by atoms with Gasteiger partial charge in [-0.2, -0.15) is 0 Å². The van der Waals surface area contributed by atoms with E-state index in [9.17, 15) is 0 Å². The predicted molar refractivity (Wildman–Crippen MR) is 104 cm³/mol. The van der Waals surface area contributed by atoms with Gasteiger partial charge in [0, 0.05) is 5.56 Å². The van der Waals surface area contributed by atoms with Crippen molar-refractivity contribution in [3.63, 3.8) is 0 Å². The highest BCUT2D eigenvalue weighted by Crippen LogP contribution is 2.20. The van der Waals surface area contributed by atoms with Crippen molar-refractivity contribution in [1.29, 1.82) is 0 Å². The van der Waals surface area contributed by atoms with Crippen molar-refractivity contribution in [2.75, 3.05) is 26.2 Å². The first-order valence-corrected chi connectivity index (χ1v) is 9.00. The zero-order chi connectivity index (χ0) is 17.0. The van der Waals surface area contributed by atoms with Gasteiger partial charge in [0.2, 0.25) is 0 Å². The van der Waals surface area contributed by atoms with E-state index in [0.717, 1.165) is 44.0 Å². The second-order valence-electron chi connectivity index (χ2n) is 5.87. The largest absolute Gasteiger partial charge is 0.493 e. The standard InChI is InChI=1S/C22H29NO/c1-3-23(4-2)17-11-12-18-24-22(21-15-9-6-10-16-21)19-20-13-7-5-8-14-20/h5-10,13-16,19H,3-4,11-12,17-18H2,1-2H3. The van der Waals surface area contributed by atoms with E-state index < -0.39 is 0 Å². The fourth-order valence-electron chi connectivity index (χ4n) is 2.67. The average Bonchev–Trinajstić information content (AvgIpc) is 2.65. The molecule has 0 N–H and O–H groups in total. The second kappa shape index (κ2) is 10.7. The number of nitrogens with zero attached hydrogens (tertiary/aromatic N) is 1. The van der Waals surface area contributed by atoms with Crippen LogP contribution in [0, 0.1) is 0 Å². The van der Waals surface area contributed by atoms with Crippen molar-refractivity contribution in [3.8, 4) is 0 Å². The maximum Gasteiger partial charge on any atom is 0.127 e. The third-order valence-corrected chi connectivity index (χ3v) is 4.18. The van der Waals surface area contributed by atoms with E-state index in [4.69, 9.17) is 4.74 Å². The molecule has 0 bridgehead atoms. The molecule has 24 heavy (non-hydrogen) atoms. The van der Waals surface area contributed by atoms with E-state index in [1.165, 1.54) is 12.0 Å². The van der Waals surface area contributed by atoms with Gasteiger partial charge in [-0.1, -0.05) is 74.5 Å². The minimum Gasteiger partial charge on any atom is -0.493 e. The van der Waals surface area contributed by atoms with Crippen molar-refractivity contribution in [2.45, 2.75) is 26.7 Å². The minimum atomic E-state index is 0.759. The number of hydrogen-bond donors (Lipinski definition) is 0. The molecule has 0 atom stereocenters. The van der Waals surface area contributed by atoms with Crippen LogP contribution in [-0.2, 0) is 4.74 Å². The van der Waals surface area contributed by atoms with E-state index in [2.05, 4.69) is 73.4 Å². The molecule has 0 unspecified atom stereocenters. The topological polar surface area (TPSA) is 12.5 Å². The van der Waals surface area contributed by atoms with Crippen LogP contribution in [-0.4, -0.2) is 31.1 Å². The molecule has 0 saturated heterocycles. The van der Waals surface area contributed by atoms with Crippen LogP contribution in [0.1, 0.15) is 37.8 Å². The fourth-order valence-corrected chi connectivity index (χ4v) is 2.67. The SMILES string of the molecule is CCN(CC)CCCCOC(=Cc1ccccc1)c1ccccc1. The van der Waals surface area contributed by atoms with Crippen LogP contribution in [0.2, 0.25) is 0 Å². The molecule has 0 spiro atoms. The summed E-state index contributed by atoms with van der Waals surface area (Å²) in [6.07, 6.45) is 4.38. The Labute approximate surface area is 146 Å². The van der Waals surface area contributed by atoms with E-state index in [1.54, 1.807) is 0 Å². The first kappa shape index (κ1) is 18.3. The van der Waals surface area contributed by atoms with Gasteiger partial charge in [0.15, 0.2) is 0 Å². The molecule has 2 aromatic carbocycles. The number of rotatable bonds is 10. The lowest BCUT2D eigenvalue weighted by molar-refractivity contribution is 0.246. The summed E-state index contributed by atoms with van der Waals surface area (Å²) in [6, 6.07) is 20.7. The fraction of sp³-hybridized carbons (Fsp3) is 0.364. The molecule has 128 valence electrons. The normalized spacial score (nSPS) is 11.7. The Morgan fingerprint density at radius 2 is 1.50 bits per heavy atom. The van der Waals surface area contributed by atoms with Crippen LogP contribution in [0.4, 0.5) is 0 Å². The summed E-state index contributed by atoms with van der Waals surface area (Å²) in [6.45, 7) is 8.60. The molecule has 0 aromatic heterocycles. The lowest BCUT2D eigenvalue weighted by Gasteiger charge is -2.18. The van der Waals surface area contributed by atoms with Crippen LogP contribution in [0.25, 0.3) is 11.8 Å². The third kappa shape index (κ3) is 6.21. The summed E-state index contributed by atoms with van der Waals surface area (Å²) in [5.74, 6) is 0.949. The Balaban J connectivity index is 1.94. The maximum atomic E-state index is 6.12. The zero-order valence-electron chi connectivity index (χ0n) is 14.9. The number of hydrogen-bond acceptors (Lipinski definition) is 2. The molecular weight excluding hydrogens is 294 g/mol. The van der Waals surface area contributed by atoms with Gasteiger partial charge in [-0.05, 0) is 44.1 Å². The molecule has 2 heteroatoms. The molecule has 0 aliphatic heterocycles. The van der Waals surface area contributed by atoms with Crippen LogP contribution in [0.3, 0.4) is 0 Å². The Kier molecular flexibility index (Phi) is 8.12. The van der Waals surface area contributed by atoms with Gasteiger partial charge < -0.3 is 9.64 Å². The summed E-state index contributed by atoms with van der Waals surface area (Å²) >= 11 is 0. The molecular formula is C22H29NO. The molecule has 0 saturated carbocycles. The summed E-state index contributed by atoms with van der Waals surface area (Å²) < 4.78 is 6.12. The molecule has 0 amide bonds. The monoisotopic (exact) mass is 323 g/mol. The van der Waals surface area contributed by atoms with Crippen LogP contribution >= 0.6 is 0 Å². The molecule has 2 aromatic rings. The van der Waals surface area contributed by atoms with Gasteiger partial charge in [0.1, 0.15) is 5.76 Å². The molecule has 2 nitrogen and oxygen atoms in total. The summed E-state index contributed by atoms with van der Waals surface area (Å²) in [5.41, 5.74) is 2.30. The van der Waals surface area contributed by atoms with E-state index in [0.29, 0.717) is 0 Å². The summed E-state index contributed by atoms with van der Waals surface area (Å²) in [7, 11) is 0. The third-order valence-electron chi connectivity index (χ3n) is 4.18. The highest BCUT2D eigenvalue weighted by atomic mass is 16.5. The second-order valence-corrected chi connectivity index (χ2v) is 5.87. The highest BCUT2D eigenvalue weighted by molar-refractivity contribution is 5.77. The molecule has 0 aliphatic rings. The number of benzene rings is 2. The van der Waals surface area contributed by atoms with Gasteiger partial charge in [-0.25, -0.2) is 0 Å². The molecule has 2 rings (SSSR count). The smallest absolute Gasteiger partial charge is 0.127 e. The Morgan fingerprint density at radius 3 is 2.12 bits per heavy atom. The Bertz CT molecular complexity index is 588. The quantitative estimate of drug-likeness (QED) is 0.333. The van der Waals surface area contributed by atoms with Crippen molar-refractivity contribution < 1.29 is 4.74 Å². The van der Waals surface area contributed by atoms with E-state index >= 15 is 0 Å². The lowest BCUT2D eigenvalue weighted by Crippen LogP contribution is -2.24. The van der Waals surface area contributed by atoms with Crippen molar-refractivity contribution in [2.24, 2.45) is 0 Å². The zero-order valence-corrected chi connectivity index (χ0v) is 14.9. The van der Waals surface area contributed by atoms with Crippen molar-refractivity contribution in [3.05, 3.63) is 71.8 Å². The minimum absolute atomic E-state index is 0.759. The van der Waals surface area contributed by atoms with Crippen LogP contribution in [0.5, 0.6) is 0 Å². The highest BCUT2D eigenvalue weighted by Gasteiger charge is 2.04. The molecule has 0 aliphatic carbocycles. The Hall–Kier alpha value is -2.06. The van der Waals surface area contributed by atoms with Gasteiger partial charge in [-0.3, -0.25) is 0 Å². The van der Waals surface area contributed by atoms with E-state index in [-0.39, 0.29) is 0 Å². The first-order chi connectivity index (χ1) is 11.8. The number of unbranched alkanes of at least 4 members (excludes halogenated alkanes) is 1. The van der Waals surface area contributed by atoms with Gasteiger partial charge >= 0.3 is 0 Å². The molecule has 0 fully saturated rings. The van der Waals surface area contributed by atoms with Gasteiger partial charge in [0.25, 0.3) is 0 Å². The first-order valence-electron chi connectivity index (χ1n) is 9.00. The van der Waals surface area contributed by atoms with Crippen LogP contribution in [0.15, 0.2) is 60.7 Å². The van der Waals surface area contributed by atoms with E-state index in [1.807, 2.05) is 12.1 Å². The Morgan fingerprint density at radius 1 is 0.875 bits per heavy atom. The summed E-state index contributed by atoms with van der Waals surface area (Å²) in [4.78, 5) is 2.46. The summed E-state index contributed by atoms with van der Waals surface area (Å²) in [5, 5.41) is 0. The average molecular weight is 323 g/mol. The maximum absolute atomic E-state index is 6.12. The van der Waals surface area contributed by atoms with Crippen LogP contribution < -0.4 is 0 Å². The van der Waals surface area contributed by atoms with Gasteiger partial charge in [0.05, 0.1) is 6.61 Å². The predicted octanol–water partition coefficient (Wildman–Crippen LogP) is 5.32. The molecule has 0 heterocycles. The van der Waals surface area contributed by atoms with Gasteiger partial charge in [-0.15, -0.1) is 0 Å². The lowest BCUT2D eigenvalue weighted by atomic mass is 10.1.